The van der Waals surface area contributed by atoms with Crippen LogP contribution in [0.25, 0.3) is 11.2 Å². The molecule has 2 N–H and O–H groups in total. The average Bonchev–Trinajstić information content (AvgIpc) is 3.21. The number of imidazole rings is 1. The molecule has 4 atom stereocenters. The Labute approximate surface area is 178 Å². The second kappa shape index (κ2) is 8.46. The van der Waals surface area contributed by atoms with Gasteiger partial charge in [-0.15, -0.1) is 0 Å². The van der Waals surface area contributed by atoms with Crippen molar-refractivity contribution >= 4 is 34.9 Å². The highest BCUT2D eigenvalue weighted by atomic mass is 16.7. The van der Waals surface area contributed by atoms with E-state index in [2.05, 4.69) is 15.0 Å². The van der Waals surface area contributed by atoms with Gasteiger partial charge >= 0.3 is 17.9 Å². The molecule has 3 rings (SSSR count). The molecule has 2 unspecified atom stereocenters. The molecule has 0 amide bonds. The molecule has 0 aliphatic carbocycles. The molecular weight excluding hydrogens is 410 g/mol. The minimum absolute atomic E-state index is 0.164. The van der Waals surface area contributed by atoms with Gasteiger partial charge in [0.1, 0.15) is 24.1 Å². The summed E-state index contributed by atoms with van der Waals surface area (Å²) in [6, 6.07) is 0. The normalized spacial score (nSPS) is 25.5. The lowest BCUT2D eigenvalue weighted by molar-refractivity contribution is -0.187. The van der Waals surface area contributed by atoms with Crippen molar-refractivity contribution in [3.8, 4) is 0 Å². The number of esters is 3. The summed E-state index contributed by atoms with van der Waals surface area (Å²) < 4.78 is 24.3. The Morgan fingerprint density at radius 3 is 2.39 bits per heavy atom. The number of nitrogens with zero attached hydrogens (tertiary/aromatic N) is 4. The third-order valence-corrected chi connectivity index (χ3v) is 5.14. The van der Waals surface area contributed by atoms with Gasteiger partial charge in [-0.2, -0.15) is 0 Å². The molecule has 2 aromatic heterocycles. The standard InChI is InChI=1S/C19H25N5O7/c1-9(2)19(6-28-10(3)25)15(30-12(5)27)14(29-11(4)26)18(31-19)24-8-23-13-16(20)21-7-22-17(13)24/h7-9,14-15,18H,6H2,1-5H3,(H2,20,21,22)/t14?,15?,18-,19+/m1/s1. The van der Waals surface area contributed by atoms with Gasteiger partial charge in [-0.3, -0.25) is 19.0 Å². The van der Waals surface area contributed by atoms with E-state index in [1.54, 1.807) is 0 Å². The van der Waals surface area contributed by atoms with Crippen molar-refractivity contribution in [3.63, 3.8) is 0 Å². The number of hydrogen-bond donors (Lipinski definition) is 1. The van der Waals surface area contributed by atoms with Crippen LogP contribution in [0.2, 0.25) is 0 Å². The van der Waals surface area contributed by atoms with E-state index in [-0.39, 0.29) is 18.3 Å². The van der Waals surface area contributed by atoms with Gasteiger partial charge in [0.05, 0.1) is 6.33 Å². The van der Waals surface area contributed by atoms with E-state index in [1.165, 1.54) is 38.0 Å². The molecule has 2 aromatic rings. The second-order valence-electron chi connectivity index (χ2n) is 7.59. The molecule has 0 saturated carbocycles. The highest BCUT2D eigenvalue weighted by Crippen LogP contribution is 2.46. The second-order valence-corrected chi connectivity index (χ2v) is 7.59. The lowest BCUT2D eigenvalue weighted by atomic mass is 9.84. The average molecular weight is 435 g/mol. The maximum Gasteiger partial charge on any atom is 0.303 e. The fourth-order valence-corrected chi connectivity index (χ4v) is 3.68. The number of carbonyl (C=O) groups excluding carboxylic acids is 3. The van der Waals surface area contributed by atoms with Crippen LogP contribution in [0, 0.1) is 5.92 Å². The Bertz CT molecular complexity index is 1010. The molecule has 1 saturated heterocycles. The van der Waals surface area contributed by atoms with Crippen LogP contribution in [0.5, 0.6) is 0 Å². The van der Waals surface area contributed by atoms with Crippen molar-refractivity contribution in [3.05, 3.63) is 12.7 Å². The van der Waals surface area contributed by atoms with Gasteiger partial charge in [-0.1, -0.05) is 13.8 Å². The largest absolute Gasteiger partial charge is 0.463 e. The topological polar surface area (TPSA) is 158 Å². The predicted molar refractivity (Wildman–Crippen MR) is 105 cm³/mol. The number of hydrogen-bond acceptors (Lipinski definition) is 11. The molecular formula is C19H25N5O7. The Balaban J connectivity index is 2.16. The number of fused-ring (bicyclic) bond motifs is 1. The lowest BCUT2D eigenvalue weighted by Gasteiger charge is -2.36. The van der Waals surface area contributed by atoms with Crippen molar-refractivity contribution in [1.82, 2.24) is 19.5 Å². The van der Waals surface area contributed by atoms with E-state index in [0.717, 1.165) is 0 Å². The van der Waals surface area contributed by atoms with E-state index in [4.69, 9.17) is 24.7 Å². The summed E-state index contributed by atoms with van der Waals surface area (Å²) >= 11 is 0. The van der Waals surface area contributed by atoms with Crippen molar-refractivity contribution in [2.45, 2.75) is 58.7 Å². The maximum atomic E-state index is 11.9. The minimum Gasteiger partial charge on any atom is -0.463 e. The molecule has 168 valence electrons. The van der Waals surface area contributed by atoms with Gasteiger partial charge in [0.15, 0.2) is 29.9 Å². The Kier molecular flexibility index (Phi) is 6.11. The quantitative estimate of drug-likeness (QED) is 0.504. The van der Waals surface area contributed by atoms with Crippen molar-refractivity contribution < 1.29 is 33.3 Å². The summed E-state index contributed by atoms with van der Waals surface area (Å²) in [5, 5.41) is 0. The molecule has 0 aromatic carbocycles. The van der Waals surface area contributed by atoms with Crippen molar-refractivity contribution in [2.75, 3.05) is 12.3 Å². The summed E-state index contributed by atoms with van der Waals surface area (Å²) in [6.07, 6.45) is -0.457. The van der Waals surface area contributed by atoms with Crippen LogP contribution in [-0.2, 0) is 33.3 Å². The first kappa shape index (κ1) is 22.4. The Morgan fingerprint density at radius 1 is 1.13 bits per heavy atom. The molecule has 31 heavy (non-hydrogen) atoms. The molecule has 12 heteroatoms. The number of rotatable bonds is 6. The summed E-state index contributed by atoms with van der Waals surface area (Å²) in [7, 11) is 0. The minimum atomic E-state index is -1.31. The van der Waals surface area contributed by atoms with Gasteiger partial charge in [0, 0.05) is 20.8 Å². The maximum absolute atomic E-state index is 11.9. The fourth-order valence-electron chi connectivity index (χ4n) is 3.68. The number of ether oxygens (including phenoxy) is 4. The zero-order valence-electron chi connectivity index (χ0n) is 17.9. The van der Waals surface area contributed by atoms with Gasteiger partial charge in [0.2, 0.25) is 0 Å². The van der Waals surface area contributed by atoms with Crippen LogP contribution in [0.3, 0.4) is 0 Å². The lowest BCUT2D eigenvalue weighted by Crippen LogP contribution is -2.53. The SMILES string of the molecule is CC(=O)OC[C@@]1(C(C)C)O[C@@H](n2cnc3c(N)ncnc32)C(OC(C)=O)C1OC(C)=O. The van der Waals surface area contributed by atoms with E-state index >= 15 is 0 Å². The van der Waals surface area contributed by atoms with E-state index < -0.39 is 41.9 Å². The molecule has 0 radical (unpaired) electrons. The van der Waals surface area contributed by atoms with Crippen LogP contribution in [-0.4, -0.2) is 61.8 Å². The van der Waals surface area contributed by atoms with Gasteiger partial charge < -0.3 is 24.7 Å². The van der Waals surface area contributed by atoms with Crippen LogP contribution in [0.1, 0.15) is 40.8 Å². The molecule has 3 heterocycles. The molecule has 1 fully saturated rings. The van der Waals surface area contributed by atoms with Crippen LogP contribution < -0.4 is 5.73 Å². The molecule has 0 spiro atoms. The molecule has 12 nitrogen and oxygen atoms in total. The number of anilines is 1. The van der Waals surface area contributed by atoms with Gasteiger partial charge in [-0.05, 0) is 5.92 Å². The summed E-state index contributed by atoms with van der Waals surface area (Å²) in [4.78, 5) is 47.8. The Hall–Kier alpha value is -3.28. The van der Waals surface area contributed by atoms with Crippen LogP contribution in [0.15, 0.2) is 12.7 Å². The van der Waals surface area contributed by atoms with Crippen LogP contribution >= 0.6 is 0 Å². The first-order chi connectivity index (χ1) is 14.6. The van der Waals surface area contributed by atoms with E-state index in [1.807, 2.05) is 13.8 Å². The molecule has 1 aliphatic heterocycles. The highest BCUT2D eigenvalue weighted by molar-refractivity contribution is 5.81. The molecule has 1 aliphatic rings. The van der Waals surface area contributed by atoms with E-state index in [0.29, 0.717) is 11.2 Å². The summed E-state index contributed by atoms with van der Waals surface area (Å²) in [5.74, 6) is -1.90. The third kappa shape index (κ3) is 4.15. The summed E-state index contributed by atoms with van der Waals surface area (Å²) in [6.45, 7) is 7.13. The zero-order chi connectivity index (χ0) is 22.9. The highest BCUT2D eigenvalue weighted by Gasteiger charge is 2.62. The van der Waals surface area contributed by atoms with Gasteiger partial charge in [0.25, 0.3) is 0 Å². The van der Waals surface area contributed by atoms with Gasteiger partial charge in [-0.25, -0.2) is 15.0 Å². The monoisotopic (exact) mass is 435 g/mol. The van der Waals surface area contributed by atoms with Crippen LogP contribution in [0.4, 0.5) is 5.82 Å². The number of carbonyl (C=O) groups is 3. The fraction of sp³-hybridized carbons (Fsp3) is 0.579. The number of aromatic nitrogens is 4. The van der Waals surface area contributed by atoms with E-state index in [9.17, 15) is 14.4 Å². The van der Waals surface area contributed by atoms with Crippen molar-refractivity contribution in [1.29, 1.82) is 0 Å². The first-order valence-corrected chi connectivity index (χ1v) is 9.65. The van der Waals surface area contributed by atoms with Crippen molar-refractivity contribution in [2.24, 2.45) is 5.92 Å². The molecule has 0 bridgehead atoms. The zero-order valence-corrected chi connectivity index (χ0v) is 17.9. The number of nitrogens with two attached hydrogens (primary N) is 1. The number of nitrogen functional groups attached to an aromatic ring is 1. The first-order valence-electron chi connectivity index (χ1n) is 9.65. The Morgan fingerprint density at radius 2 is 1.81 bits per heavy atom. The summed E-state index contributed by atoms with van der Waals surface area (Å²) in [5.41, 5.74) is 5.24. The smallest absolute Gasteiger partial charge is 0.303 e. The predicted octanol–water partition coefficient (Wildman–Crippen LogP) is 0.759. The third-order valence-electron chi connectivity index (χ3n) is 5.14.